The van der Waals surface area contributed by atoms with Gasteiger partial charge in [0.15, 0.2) is 5.65 Å². The number of fused-ring (bicyclic) bond motifs is 1. The van der Waals surface area contributed by atoms with Crippen molar-refractivity contribution in [3.05, 3.63) is 52.8 Å². The Kier molecular flexibility index (Phi) is 4.87. The van der Waals surface area contributed by atoms with Crippen LogP contribution in [0.25, 0.3) is 16.7 Å². The quantitative estimate of drug-likeness (QED) is 0.714. The summed E-state index contributed by atoms with van der Waals surface area (Å²) >= 11 is 6.64. The summed E-state index contributed by atoms with van der Waals surface area (Å²) in [6, 6.07) is 9.99. The first kappa shape index (κ1) is 18.0. The monoisotopic (exact) mass is 382 g/mol. The van der Waals surface area contributed by atoms with Gasteiger partial charge in [-0.3, -0.25) is 4.79 Å². The highest BCUT2D eigenvalue weighted by Crippen LogP contribution is 2.30. The average Bonchev–Trinajstić information content (AvgIpc) is 3.02. The van der Waals surface area contributed by atoms with Crippen molar-refractivity contribution < 1.29 is 4.79 Å². The zero-order valence-electron chi connectivity index (χ0n) is 15.6. The van der Waals surface area contributed by atoms with Gasteiger partial charge in [-0.15, -0.1) is 0 Å². The summed E-state index contributed by atoms with van der Waals surface area (Å²) < 4.78 is 1.77. The Labute approximate surface area is 163 Å². The van der Waals surface area contributed by atoms with Crippen LogP contribution in [0.1, 0.15) is 48.7 Å². The molecule has 1 aromatic carbocycles. The average molecular weight is 383 g/mol. The molecular weight excluding hydrogens is 360 g/mol. The number of nitrogens with zero attached hydrogens (tertiary/aromatic N) is 3. The van der Waals surface area contributed by atoms with E-state index >= 15 is 0 Å². The van der Waals surface area contributed by atoms with Gasteiger partial charge in [0.1, 0.15) is 0 Å². The molecule has 1 aliphatic rings. The number of para-hydroxylation sites is 1. The van der Waals surface area contributed by atoms with Crippen molar-refractivity contribution in [3.63, 3.8) is 0 Å². The number of amides is 1. The van der Waals surface area contributed by atoms with Crippen molar-refractivity contribution >= 4 is 28.5 Å². The highest BCUT2D eigenvalue weighted by Gasteiger charge is 2.25. The molecule has 0 radical (unpaired) electrons. The summed E-state index contributed by atoms with van der Waals surface area (Å²) in [6.45, 7) is 4.08. The summed E-state index contributed by atoms with van der Waals surface area (Å²) in [5.74, 6) is 0.334. The lowest BCUT2D eigenvalue weighted by Gasteiger charge is -2.29. The van der Waals surface area contributed by atoms with Crippen LogP contribution in [0.15, 0.2) is 36.5 Å². The van der Waals surface area contributed by atoms with E-state index in [1.54, 1.807) is 10.9 Å². The molecule has 1 amide bonds. The van der Waals surface area contributed by atoms with Gasteiger partial charge in [-0.25, -0.2) is 9.67 Å². The first-order valence-electron chi connectivity index (χ1n) is 9.46. The van der Waals surface area contributed by atoms with E-state index in [0.29, 0.717) is 22.2 Å². The molecule has 2 aromatic heterocycles. The van der Waals surface area contributed by atoms with Crippen molar-refractivity contribution in [2.45, 2.75) is 45.6 Å². The Morgan fingerprint density at radius 2 is 1.96 bits per heavy atom. The van der Waals surface area contributed by atoms with Crippen molar-refractivity contribution in [1.82, 2.24) is 20.1 Å². The van der Waals surface area contributed by atoms with E-state index in [4.69, 9.17) is 11.6 Å². The number of benzene rings is 1. The number of pyridine rings is 1. The molecule has 6 heteroatoms. The Morgan fingerprint density at radius 3 is 2.70 bits per heavy atom. The van der Waals surface area contributed by atoms with Gasteiger partial charge >= 0.3 is 0 Å². The maximum absolute atomic E-state index is 12.8. The SMILES string of the molecule is Cc1nn(-c2ccccc2)c2ncc(C(=O)N[C@H]3CCCC[C@H]3C)c(Cl)c12. The van der Waals surface area contributed by atoms with E-state index in [0.717, 1.165) is 36.0 Å². The van der Waals surface area contributed by atoms with E-state index in [2.05, 4.69) is 22.3 Å². The number of hydrogen-bond donors (Lipinski definition) is 1. The normalized spacial score (nSPS) is 20.0. The molecule has 1 fully saturated rings. The van der Waals surface area contributed by atoms with Crippen LogP contribution in [-0.4, -0.2) is 26.7 Å². The van der Waals surface area contributed by atoms with Crippen LogP contribution in [0.2, 0.25) is 5.02 Å². The number of aromatic nitrogens is 3. The Balaban J connectivity index is 1.70. The first-order valence-corrected chi connectivity index (χ1v) is 9.84. The molecule has 2 heterocycles. The molecular formula is C21H23ClN4O. The number of carbonyl (C=O) groups is 1. The van der Waals surface area contributed by atoms with Gasteiger partial charge in [0.05, 0.1) is 27.4 Å². The standard InChI is InChI=1S/C21H23ClN4O/c1-13-8-6-7-11-17(13)24-21(27)16-12-23-20-18(19(16)22)14(2)25-26(20)15-9-4-3-5-10-15/h3-5,9-10,12-13,17H,6-8,11H2,1-2H3,(H,24,27)/t13-,17+/m1/s1. The summed E-state index contributed by atoms with van der Waals surface area (Å²) in [5.41, 5.74) is 2.74. The molecule has 4 rings (SSSR count). The van der Waals surface area contributed by atoms with Crippen molar-refractivity contribution in [3.8, 4) is 5.69 Å². The topological polar surface area (TPSA) is 59.8 Å². The van der Waals surface area contributed by atoms with Gasteiger partial charge < -0.3 is 5.32 Å². The second-order valence-corrected chi connectivity index (χ2v) is 7.74. The zero-order valence-corrected chi connectivity index (χ0v) is 16.3. The number of carbonyl (C=O) groups excluding carboxylic acids is 1. The number of halogens is 1. The van der Waals surface area contributed by atoms with E-state index in [1.165, 1.54) is 6.42 Å². The molecule has 0 aliphatic heterocycles. The maximum atomic E-state index is 12.8. The second-order valence-electron chi connectivity index (χ2n) is 7.36. The predicted molar refractivity (Wildman–Crippen MR) is 107 cm³/mol. The number of aryl methyl sites for hydroxylation is 1. The minimum Gasteiger partial charge on any atom is -0.349 e. The maximum Gasteiger partial charge on any atom is 0.254 e. The fourth-order valence-electron chi connectivity index (χ4n) is 3.89. The Bertz CT molecular complexity index is 983. The molecule has 1 aliphatic carbocycles. The van der Waals surface area contributed by atoms with E-state index in [1.807, 2.05) is 37.3 Å². The lowest BCUT2D eigenvalue weighted by molar-refractivity contribution is 0.0910. The molecule has 27 heavy (non-hydrogen) atoms. The molecule has 0 bridgehead atoms. The van der Waals surface area contributed by atoms with Crippen LogP contribution in [-0.2, 0) is 0 Å². The smallest absolute Gasteiger partial charge is 0.254 e. The van der Waals surface area contributed by atoms with Crippen LogP contribution in [0.5, 0.6) is 0 Å². The zero-order chi connectivity index (χ0) is 19.0. The third kappa shape index (κ3) is 3.32. The number of rotatable bonds is 3. The first-order chi connectivity index (χ1) is 13.1. The van der Waals surface area contributed by atoms with Gasteiger partial charge in [-0.2, -0.15) is 5.10 Å². The van der Waals surface area contributed by atoms with Gasteiger partial charge in [0.25, 0.3) is 5.91 Å². The lowest BCUT2D eigenvalue weighted by atomic mass is 9.86. The fraction of sp³-hybridized carbons (Fsp3) is 0.381. The summed E-state index contributed by atoms with van der Waals surface area (Å²) in [6.07, 6.45) is 6.13. The van der Waals surface area contributed by atoms with E-state index < -0.39 is 0 Å². The minimum atomic E-state index is -0.153. The van der Waals surface area contributed by atoms with Crippen molar-refractivity contribution in [2.24, 2.45) is 5.92 Å². The molecule has 2 atom stereocenters. The van der Waals surface area contributed by atoms with Crippen LogP contribution >= 0.6 is 11.6 Å². The molecule has 140 valence electrons. The molecule has 3 aromatic rings. The predicted octanol–water partition coefficient (Wildman–Crippen LogP) is 4.69. The molecule has 1 saturated carbocycles. The van der Waals surface area contributed by atoms with Gasteiger partial charge in [-0.05, 0) is 37.8 Å². The van der Waals surface area contributed by atoms with Crippen LogP contribution in [0, 0.1) is 12.8 Å². The number of nitrogens with one attached hydrogen (secondary N) is 1. The molecule has 5 nitrogen and oxygen atoms in total. The van der Waals surface area contributed by atoms with Crippen LogP contribution in [0.3, 0.4) is 0 Å². The Morgan fingerprint density at radius 1 is 1.22 bits per heavy atom. The van der Waals surface area contributed by atoms with Crippen molar-refractivity contribution in [2.75, 3.05) is 0 Å². The van der Waals surface area contributed by atoms with E-state index in [9.17, 15) is 4.79 Å². The van der Waals surface area contributed by atoms with Gasteiger partial charge in [0, 0.05) is 12.2 Å². The molecule has 0 spiro atoms. The van der Waals surface area contributed by atoms with Gasteiger partial charge in [-0.1, -0.05) is 49.6 Å². The highest BCUT2D eigenvalue weighted by atomic mass is 35.5. The largest absolute Gasteiger partial charge is 0.349 e. The fourth-order valence-corrected chi connectivity index (χ4v) is 4.25. The van der Waals surface area contributed by atoms with Gasteiger partial charge in [0.2, 0.25) is 0 Å². The van der Waals surface area contributed by atoms with Crippen LogP contribution < -0.4 is 5.32 Å². The Hall–Kier alpha value is -2.40. The summed E-state index contributed by atoms with van der Waals surface area (Å²) in [4.78, 5) is 17.4. The minimum absolute atomic E-state index is 0.153. The molecule has 0 unspecified atom stereocenters. The lowest BCUT2D eigenvalue weighted by Crippen LogP contribution is -2.41. The summed E-state index contributed by atoms with van der Waals surface area (Å²) in [7, 11) is 0. The summed E-state index contributed by atoms with van der Waals surface area (Å²) in [5, 5.41) is 8.89. The third-order valence-electron chi connectivity index (χ3n) is 5.48. The second kappa shape index (κ2) is 7.31. The highest BCUT2D eigenvalue weighted by molar-refractivity contribution is 6.38. The molecule has 0 saturated heterocycles. The van der Waals surface area contributed by atoms with Crippen LogP contribution in [0.4, 0.5) is 0 Å². The third-order valence-corrected chi connectivity index (χ3v) is 5.87. The van der Waals surface area contributed by atoms with E-state index in [-0.39, 0.29) is 11.9 Å². The number of hydrogen-bond acceptors (Lipinski definition) is 3. The molecule has 1 N–H and O–H groups in total. The van der Waals surface area contributed by atoms with Crippen molar-refractivity contribution in [1.29, 1.82) is 0 Å².